The highest BCUT2D eigenvalue weighted by molar-refractivity contribution is 9.10. The van der Waals surface area contributed by atoms with Crippen molar-refractivity contribution in [2.24, 2.45) is 0 Å². The van der Waals surface area contributed by atoms with Crippen LogP contribution < -0.4 is 5.32 Å². The van der Waals surface area contributed by atoms with Gasteiger partial charge in [-0.3, -0.25) is 4.79 Å². The number of hydrogen-bond donors (Lipinski definition) is 1. The smallest absolute Gasteiger partial charge is 0.251 e. The number of furan rings is 1. The molecule has 5 heteroatoms. The molecule has 0 saturated carbocycles. The number of benzene rings is 2. The second-order valence-corrected chi connectivity index (χ2v) is 6.50. The highest BCUT2D eigenvalue weighted by atomic mass is 79.9. The van der Waals surface area contributed by atoms with E-state index in [1.165, 1.54) is 0 Å². The van der Waals surface area contributed by atoms with Crippen LogP contribution in [-0.2, 0) is 17.9 Å². The number of ether oxygens (including phenoxy) is 1. The fourth-order valence-corrected chi connectivity index (χ4v) is 2.70. The van der Waals surface area contributed by atoms with Gasteiger partial charge in [0.1, 0.15) is 11.5 Å². The molecule has 1 heterocycles. The van der Waals surface area contributed by atoms with Crippen LogP contribution in [0.25, 0.3) is 11.3 Å². The Morgan fingerprint density at radius 3 is 2.44 bits per heavy atom. The lowest BCUT2D eigenvalue weighted by atomic mass is 10.1. The SMILES string of the molecule is COCc1ccc(C(=O)NCc2ccc(-c3ccc(Br)cc3)o2)cc1. The maximum atomic E-state index is 12.2. The Kier molecular flexibility index (Phi) is 5.68. The van der Waals surface area contributed by atoms with Crippen molar-refractivity contribution in [1.82, 2.24) is 5.32 Å². The molecule has 0 atom stereocenters. The lowest BCUT2D eigenvalue weighted by molar-refractivity contribution is 0.0948. The van der Waals surface area contributed by atoms with Crippen LogP contribution in [0.1, 0.15) is 21.7 Å². The number of halogens is 1. The third-order valence-electron chi connectivity index (χ3n) is 3.74. The molecular weight excluding hydrogens is 382 g/mol. The first-order valence-electron chi connectivity index (χ1n) is 7.86. The van der Waals surface area contributed by atoms with Crippen molar-refractivity contribution in [3.05, 3.63) is 82.0 Å². The number of rotatable bonds is 6. The minimum Gasteiger partial charge on any atom is -0.459 e. The Bertz CT molecular complexity index is 838. The van der Waals surface area contributed by atoms with Crippen molar-refractivity contribution in [2.75, 3.05) is 7.11 Å². The van der Waals surface area contributed by atoms with E-state index >= 15 is 0 Å². The lowest BCUT2D eigenvalue weighted by Gasteiger charge is -2.05. The van der Waals surface area contributed by atoms with E-state index in [1.54, 1.807) is 19.2 Å². The molecule has 2 aromatic carbocycles. The van der Waals surface area contributed by atoms with Crippen LogP contribution in [-0.4, -0.2) is 13.0 Å². The van der Waals surface area contributed by atoms with Crippen molar-refractivity contribution in [2.45, 2.75) is 13.2 Å². The maximum Gasteiger partial charge on any atom is 0.251 e. The van der Waals surface area contributed by atoms with Gasteiger partial charge < -0.3 is 14.5 Å². The first kappa shape index (κ1) is 17.5. The Hall–Kier alpha value is -2.37. The average molecular weight is 400 g/mol. The van der Waals surface area contributed by atoms with Crippen LogP contribution in [0.5, 0.6) is 0 Å². The normalized spacial score (nSPS) is 10.6. The first-order chi connectivity index (χ1) is 12.2. The summed E-state index contributed by atoms with van der Waals surface area (Å²) in [5, 5.41) is 2.87. The summed E-state index contributed by atoms with van der Waals surface area (Å²) in [5.74, 6) is 1.36. The highest BCUT2D eigenvalue weighted by Gasteiger charge is 2.08. The number of amides is 1. The second kappa shape index (κ2) is 8.14. The van der Waals surface area contributed by atoms with Gasteiger partial charge in [0.2, 0.25) is 0 Å². The van der Waals surface area contributed by atoms with E-state index in [9.17, 15) is 4.79 Å². The zero-order chi connectivity index (χ0) is 17.6. The molecule has 0 aliphatic rings. The molecule has 3 aromatic rings. The van der Waals surface area contributed by atoms with Gasteiger partial charge in [0.05, 0.1) is 13.2 Å². The largest absolute Gasteiger partial charge is 0.459 e. The van der Waals surface area contributed by atoms with E-state index in [4.69, 9.17) is 9.15 Å². The van der Waals surface area contributed by atoms with Crippen molar-refractivity contribution in [3.8, 4) is 11.3 Å². The predicted octanol–water partition coefficient (Wildman–Crippen LogP) is 4.79. The number of hydrogen-bond acceptors (Lipinski definition) is 3. The van der Waals surface area contributed by atoms with Crippen LogP contribution in [0.15, 0.2) is 69.6 Å². The molecule has 0 saturated heterocycles. The maximum absolute atomic E-state index is 12.2. The minimum atomic E-state index is -0.134. The van der Waals surface area contributed by atoms with Gasteiger partial charge in [-0.25, -0.2) is 0 Å². The molecule has 0 spiro atoms. The van der Waals surface area contributed by atoms with Gasteiger partial charge in [-0.2, -0.15) is 0 Å². The van der Waals surface area contributed by atoms with Crippen LogP contribution in [0.4, 0.5) is 0 Å². The Balaban J connectivity index is 1.60. The molecule has 0 fully saturated rings. The fourth-order valence-electron chi connectivity index (χ4n) is 2.43. The van der Waals surface area contributed by atoms with Gasteiger partial charge in [0.15, 0.2) is 0 Å². The minimum absolute atomic E-state index is 0.134. The quantitative estimate of drug-likeness (QED) is 0.648. The lowest BCUT2D eigenvalue weighted by Crippen LogP contribution is -2.22. The molecule has 1 N–H and O–H groups in total. The summed E-state index contributed by atoms with van der Waals surface area (Å²) in [7, 11) is 1.65. The molecule has 0 aliphatic heterocycles. The average Bonchev–Trinajstić information content (AvgIpc) is 3.10. The molecular formula is C20H18BrNO3. The molecule has 25 heavy (non-hydrogen) atoms. The van der Waals surface area contributed by atoms with Gasteiger partial charge in [0, 0.05) is 22.7 Å². The summed E-state index contributed by atoms with van der Waals surface area (Å²) < 4.78 is 11.9. The van der Waals surface area contributed by atoms with E-state index in [0.717, 1.165) is 21.4 Å². The van der Waals surface area contributed by atoms with Crippen LogP contribution in [0.3, 0.4) is 0 Å². The van der Waals surface area contributed by atoms with Crippen LogP contribution in [0.2, 0.25) is 0 Å². The van der Waals surface area contributed by atoms with E-state index in [1.807, 2.05) is 48.5 Å². The predicted molar refractivity (Wildman–Crippen MR) is 100 cm³/mol. The Morgan fingerprint density at radius 1 is 1.04 bits per heavy atom. The molecule has 128 valence electrons. The second-order valence-electron chi connectivity index (χ2n) is 5.59. The highest BCUT2D eigenvalue weighted by Crippen LogP contribution is 2.24. The summed E-state index contributed by atoms with van der Waals surface area (Å²) >= 11 is 3.41. The van der Waals surface area contributed by atoms with E-state index in [0.29, 0.717) is 24.5 Å². The third-order valence-corrected chi connectivity index (χ3v) is 4.27. The van der Waals surface area contributed by atoms with Crippen molar-refractivity contribution in [3.63, 3.8) is 0 Å². The number of nitrogens with one attached hydrogen (secondary N) is 1. The molecule has 0 bridgehead atoms. The summed E-state index contributed by atoms with van der Waals surface area (Å²) in [6, 6.07) is 19.0. The summed E-state index contributed by atoms with van der Waals surface area (Å²) in [6.45, 7) is 0.877. The van der Waals surface area contributed by atoms with Gasteiger partial charge in [-0.05, 0) is 42.0 Å². The Morgan fingerprint density at radius 2 is 1.76 bits per heavy atom. The van der Waals surface area contributed by atoms with E-state index in [-0.39, 0.29) is 5.91 Å². The van der Waals surface area contributed by atoms with Crippen LogP contribution in [0, 0.1) is 0 Å². The molecule has 0 radical (unpaired) electrons. The van der Waals surface area contributed by atoms with Crippen molar-refractivity contribution >= 4 is 21.8 Å². The zero-order valence-corrected chi connectivity index (χ0v) is 15.4. The van der Waals surface area contributed by atoms with Gasteiger partial charge in [-0.1, -0.05) is 40.2 Å². The van der Waals surface area contributed by atoms with Gasteiger partial charge >= 0.3 is 0 Å². The summed E-state index contributed by atoms with van der Waals surface area (Å²) in [5.41, 5.74) is 2.64. The molecule has 1 amide bonds. The topological polar surface area (TPSA) is 51.5 Å². The van der Waals surface area contributed by atoms with E-state index in [2.05, 4.69) is 21.2 Å². The third kappa shape index (κ3) is 4.59. The zero-order valence-electron chi connectivity index (χ0n) is 13.8. The standard InChI is InChI=1S/C20H18BrNO3/c1-24-13-14-2-4-16(5-3-14)20(23)22-12-18-10-11-19(25-18)15-6-8-17(21)9-7-15/h2-11H,12-13H2,1H3,(H,22,23). The summed E-state index contributed by atoms with van der Waals surface area (Å²) in [6.07, 6.45) is 0. The van der Waals surface area contributed by atoms with E-state index < -0.39 is 0 Å². The molecule has 3 rings (SSSR count). The van der Waals surface area contributed by atoms with Crippen molar-refractivity contribution < 1.29 is 13.9 Å². The number of methoxy groups -OCH3 is 1. The van der Waals surface area contributed by atoms with Crippen LogP contribution >= 0.6 is 15.9 Å². The fraction of sp³-hybridized carbons (Fsp3) is 0.150. The van der Waals surface area contributed by atoms with Gasteiger partial charge in [0.25, 0.3) is 5.91 Å². The monoisotopic (exact) mass is 399 g/mol. The first-order valence-corrected chi connectivity index (χ1v) is 8.66. The Labute approximate surface area is 154 Å². The molecule has 1 aromatic heterocycles. The molecule has 4 nitrogen and oxygen atoms in total. The molecule has 0 unspecified atom stereocenters. The summed E-state index contributed by atoms with van der Waals surface area (Å²) in [4.78, 5) is 12.2. The number of carbonyl (C=O) groups is 1. The molecule has 0 aliphatic carbocycles. The number of carbonyl (C=O) groups excluding carboxylic acids is 1. The van der Waals surface area contributed by atoms with Crippen molar-refractivity contribution in [1.29, 1.82) is 0 Å². The van der Waals surface area contributed by atoms with Gasteiger partial charge in [-0.15, -0.1) is 0 Å².